The smallest absolute Gasteiger partial charge is 0.326 e. The molecule has 3 aromatic carbocycles. The van der Waals surface area contributed by atoms with Gasteiger partial charge in [-0.25, -0.2) is 4.79 Å². The lowest BCUT2D eigenvalue weighted by atomic mass is 9.95. The molecule has 186 valence electrons. The van der Waals surface area contributed by atoms with Crippen LogP contribution in [-0.2, 0) is 16.0 Å². The van der Waals surface area contributed by atoms with Gasteiger partial charge in [-0.15, -0.1) is 0 Å². The first kappa shape index (κ1) is 25.5. The van der Waals surface area contributed by atoms with E-state index in [2.05, 4.69) is 17.4 Å². The lowest BCUT2D eigenvalue weighted by Crippen LogP contribution is -2.50. The third kappa shape index (κ3) is 6.13. The summed E-state index contributed by atoms with van der Waals surface area (Å²) in [6, 6.07) is 21.7. The molecule has 3 aromatic rings. The van der Waals surface area contributed by atoms with Crippen molar-refractivity contribution in [2.75, 3.05) is 13.1 Å². The number of aliphatic carboxylic acids is 1. The minimum atomic E-state index is -1.09. The number of piperidine rings is 1. The van der Waals surface area contributed by atoms with Gasteiger partial charge in [0.05, 0.1) is 16.5 Å². The monoisotopic (exact) mass is 504 g/mol. The number of likely N-dealkylation sites (tertiary alicyclic amines) is 1. The van der Waals surface area contributed by atoms with Crippen LogP contribution in [0.4, 0.5) is 0 Å². The zero-order valence-electron chi connectivity index (χ0n) is 20.1. The second-order valence-electron chi connectivity index (χ2n) is 9.24. The Morgan fingerprint density at radius 3 is 2.28 bits per heavy atom. The maximum Gasteiger partial charge on any atom is 0.326 e. The Labute approximate surface area is 215 Å². The Hall–Kier alpha value is -3.64. The fraction of sp³-hybridized carbons (Fsp3) is 0.276. The van der Waals surface area contributed by atoms with E-state index in [-0.39, 0.29) is 24.8 Å². The molecule has 7 heteroatoms. The van der Waals surface area contributed by atoms with Gasteiger partial charge in [-0.05, 0) is 48.6 Å². The highest BCUT2D eigenvalue weighted by Gasteiger charge is 2.32. The Morgan fingerprint density at radius 1 is 1.00 bits per heavy atom. The van der Waals surface area contributed by atoms with Crippen molar-refractivity contribution < 1.29 is 19.5 Å². The molecule has 4 rings (SSSR count). The summed E-state index contributed by atoms with van der Waals surface area (Å²) in [5.41, 5.74) is 4.53. The highest BCUT2D eigenvalue weighted by atomic mass is 35.5. The molecular weight excluding hydrogens is 476 g/mol. The van der Waals surface area contributed by atoms with Crippen molar-refractivity contribution in [1.82, 2.24) is 10.2 Å². The summed E-state index contributed by atoms with van der Waals surface area (Å²) >= 11 is 6.18. The molecule has 0 saturated carbocycles. The number of rotatable bonds is 7. The maximum absolute atomic E-state index is 13.0. The summed E-state index contributed by atoms with van der Waals surface area (Å²) < 4.78 is 0. The average Bonchev–Trinajstić information content (AvgIpc) is 2.89. The van der Waals surface area contributed by atoms with E-state index in [0.29, 0.717) is 30.0 Å². The SMILES string of the molecule is Cc1ccc(-c2ccc(CC(NC(=O)C3CCCN(C(=O)c4ccccc4Cl)C3)C(=O)O)cc2)cc1. The maximum atomic E-state index is 13.0. The van der Waals surface area contributed by atoms with Crippen molar-refractivity contribution in [2.45, 2.75) is 32.2 Å². The van der Waals surface area contributed by atoms with Crippen molar-refractivity contribution in [2.24, 2.45) is 5.92 Å². The number of carboxylic acid groups (broad SMARTS) is 1. The molecule has 0 aromatic heterocycles. The van der Waals surface area contributed by atoms with Gasteiger partial charge in [0.15, 0.2) is 0 Å². The summed E-state index contributed by atoms with van der Waals surface area (Å²) in [6.07, 6.45) is 1.42. The van der Waals surface area contributed by atoms with Crippen LogP contribution >= 0.6 is 11.6 Å². The van der Waals surface area contributed by atoms with Gasteiger partial charge < -0.3 is 15.3 Å². The average molecular weight is 505 g/mol. The number of nitrogens with one attached hydrogen (secondary N) is 1. The molecule has 2 amide bonds. The van der Waals surface area contributed by atoms with Crippen LogP contribution in [0, 0.1) is 12.8 Å². The number of carbonyl (C=O) groups excluding carboxylic acids is 2. The number of hydrogen-bond donors (Lipinski definition) is 2. The van der Waals surface area contributed by atoms with E-state index in [9.17, 15) is 19.5 Å². The number of carboxylic acids is 1. The summed E-state index contributed by atoms with van der Waals surface area (Å²) in [4.78, 5) is 39.5. The molecule has 0 bridgehead atoms. The lowest BCUT2D eigenvalue weighted by Gasteiger charge is -2.33. The van der Waals surface area contributed by atoms with Gasteiger partial charge in [0.25, 0.3) is 5.91 Å². The Morgan fingerprint density at radius 2 is 1.64 bits per heavy atom. The first-order chi connectivity index (χ1) is 17.3. The molecule has 0 spiro atoms. The van der Waals surface area contributed by atoms with Crippen LogP contribution in [0.25, 0.3) is 11.1 Å². The quantitative estimate of drug-likeness (QED) is 0.475. The first-order valence-electron chi connectivity index (χ1n) is 12.0. The topological polar surface area (TPSA) is 86.7 Å². The third-order valence-electron chi connectivity index (χ3n) is 6.58. The van der Waals surface area contributed by atoms with Crippen molar-refractivity contribution >= 4 is 29.4 Å². The molecule has 2 unspecified atom stereocenters. The van der Waals surface area contributed by atoms with Gasteiger partial charge in [0.1, 0.15) is 6.04 Å². The van der Waals surface area contributed by atoms with Crippen LogP contribution in [-0.4, -0.2) is 46.9 Å². The van der Waals surface area contributed by atoms with E-state index in [1.54, 1.807) is 29.2 Å². The molecule has 1 aliphatic rings. The van der Waals surface area contributed by atoms with Gasteiger partial charge in [-0.1, -0.05) is 77.8 Å². The number of hydrogen-bond acceptors (Lipinski definition) is 3. The number of benzene rings is 3. The van der Waals surface area contributed by atoms with E-state index in [0.717, 1.165) is 16.7 Å². The Kier molecular flexibility index (Phi) is 8.06. The standard InChI is InChI=1S/C29H29ClN2O4/c1-19-8-12-21(13-9-19)22-14-10-20(11-15-22)17-26(29(35)36)31-27(33)23-5-4-16-32(18-23)28(34)24-6-2-3-7-25(24)30/h2-3,6-15,23,26H,4-5,16-18H2,1H3,(H,31,33)(H,35,36). The molecule has 1 fully saturated rings. The third-order valence-corrected chi connectivity index (χ3v) is 6.91. The molecule has 2 N–H and O–H groups in total. The molecule has 0 aliphatic carbocycles. The van der Waals surface area contributed by atoms with E-state index >= 15 is 0 Å². The highest BCUT2D eigenvalue weighted by Crippen LogP contribution is 2.23. The van der Waals surface area contributed by atoms with Crippen LogP contribution in [0.15, 0.2) is 72.8 Å². The van der Waals surface area contributed by atoms with Crippen LogP contribution in [0.5, 0.6) is 0 Å². The van der Waals surface area contributed by atoms with Crippen LogP contribution in [0.2, 0.25) is 5.02 Å². The fourth-order valence-corrected chi connectivity index (χ4v) is 4.70. The summed E-state index contributed by atoms with van der Waals surface area (Å²) in [7, 11) is 0. The van der Waals surface area contributed by atoms with E-state index in [4.69, 9.17) is 11.6 Å². The first-order valence-corrected chi connectivity index (χ1v) is 12.4. The lowest BCUT2D eigenvalue weighted by molar-refractivity contribution is -0.142. The van der Waals surface area contributed by atoms with Gasteiger partial charge in [-0.2, -0.15) is 0 Å². The largest absolute Gasteiger partial charge is 0.480 e. The van der Waals surface area contributed by atoms with Gasteiger partial charge >= 0.3 is 5.97 Å². The van der Waals surface area contributed by atoms with Crippen LogP contribution in [0.3, 0.4) is 0 Å². The molecule has 1 aliphatic heterocycles. The second kappa shape index (κ2) is 11.4. The van der Waals surface area contributed by atoms with E-state index in [1.807, 2.05) is 43.3 Å². The number of halogens is 1. The predicted molar refractivity (Wildman–Crippen MR) is 140 cm³/mol. The van der Waals surface area contributed by atoms with Crippen molar-refractivity contribution in [3.8, 4) is 11.1 Å². The minimum Gasteiger partial charge on any atom is -0.480 e. The van der Waals surface area contributed by atoms with Crippen molar-refractivity contribution in [3.63, 3.8) is 0 Å². The van der Waals surface area contributed by atoms with Crippen molar-refractivity contribution in [3.05, 3.63) is 94.5 Å². The summed E-state index contributed by atoms with van der Waals surface area (Å²) in [5, 5.41) is 12.8. The molecule has 6 nitrogen and oxygen atoms in total. The number of nitrogens with zero attached hydrogens (tertiary/aromatic N) is 1. The van der Waals surface area contributed by atoms with Crippen molar-refractivity contribution in [1.29, 1.82) is 0 Å². The predicted octanol–water partition coefficient (Wildman–Crippen LogP) is 4.98. The van der Waals surface area contributed by atoms with Gasteiger partial charge in [0.2, 0.25) is 5.91 Å². The zero-order valence-corrected chi connectivity index (χ0v) is 20.9. The molecule has 36 heavy (non-hydrogen) atoms. The number of aryl methyl sites for hydroxylation is 1. The molecular formula is C29H29ClN2O4. The molecule has 0 radical (unpaired) electrons. The second-order valence-corrected chi connectivity index (χ2v) is 9.64. The van der Waals surface area contributed by atoms with E-state index in [1.165, 1.54) is 5.56 Å². The Balaban J connectivity index is 1.39. The van der Waals surface area contributed by atoms with Gasteiger partial charge in [-0.3, -0.25) is 9.59 Å². The highest BCUT2D eigenvalue weighted by molar-refractivity contribution is 6.33. The zero-order chi connectivity index (χ0) is 25.7. The molecule has 2 atom stereocenters. The number of carbonyl (C=O) groups is 3. The Bertz CT molecular complexity index is 1240. The van der Waals surface area contributed by atoms with Gasteiger partial charge in [0, 0.05) is 19.5 Å². The molecule has 1 saturated heterocycles. The normalized spacial score (nSPS) is 16.3. The fourth-order valence-electron chi connectivity index (χ4n) is 4.49. The van der Waals surface area contributed by atoms with Crippen LogP contribution < -0.4 is 5.32 Å². The number of amides is 2. The summed E-state index contributed by atoms with van der Waals surface area (Å²) in [6.45, 7) is 2.80. The van der Waals surface area contributed by atoms with E-state index < -0.39 is 17.9 Å². The van der Waals surface area contributed by atoms with Crippen LogP contribution in [0.1, 0.15) is 34.3 Å². The minimum absolute atomic E-state index is 0.171. The summed E-state index contributed by atoms with van der Waals surface area (Å²) in [5.74, 6) is -2.14. The molecule has 1 heterocycles.